The fourth-order valence-electron chi connectivity index (χ4n) is 2.10. The normalized spacial score (nSPS) is 11.6. The number of nitrogens with zero attached hydrogens (tertiary/aromatic N) is 4. The molecule has 1 amide bonds. The highest BCUT2D eigenvalue weighted by molar-refractivity contribution is 8.13. The molecule has 0 spiro atoms. The summed E-state index contributed by atoms with van der Waals surface area (Å²) in [4.78, 5) is 36.1. The summed E-state index contributed by atoms with van der Waals surface area (Å²) in [5.74, 6) is -0.962. The lowest BCUT2D eigenvalue weighted by molar-refractivity contribution is -0.141. The minimum atomic E-state index is -0.528. The van der Waals surface area contributed by atoms with Gasteiger partial charge in [0.1, 0.15) is 0 Å². The molecule has 26 heavy (non-hydrogen) atoms. The third-order valence-electron chi connectivity index (χ3n) is 3.37. The predicted octanol–water partition coefficient (Wildman–Crippen LogP) is 0.923. The Morgan fingerprint density at radius 3 is 2.65 bits per heavy atom. The van der Waals surface area contributed by atoms with Crippen molar-refractivity contribution in [1.82, 2.24) is 20.2 Å². The van der Waals surface area contributed by atoms with Gasteiger partial charge in [-0.15, -0.1) is 5.10 Å². The molecule has 10 heteroatoms. The van der Waals surface area contributed by atoms with Crippen LogP contribution >= 0.6 is 11.8 Å². The second-order valence-corrected chi connectivity index (χ2v) is 6.59. The summed E-state index contributed by atoms with van der Waals surface area (Å²) in [5.41, 5.74) is 0.985. The molecule has 0 aliphatic heterocycles. The average Bonchev–Trinajstić information content (AvgIpc) is 3.05. The lowest BCUT2D eigenvalue weighted by Gasteiger charge is -2.14. The predicted molar refractivity (Wildman–Crippen MR) is 95.2 cm³/mol. The van der Waals surface area contributed by atoms with Crippen molar-refractivity contribution in [2.75, 3.05) is 18.2 Å². The van der Waals surface area contributed by atoms with Crippen LogP contribution in [0, 0.1) is 5.92 Å². The molecule has 0 aliphatic rings. The van der Waals surface area contributed by atoms with E-state index in [-0.39, 0.29) is 23.5 Å². The first-order valence-electron chi connectivity index (χ1n) is 7.80. The molecule has 0 fully saturated rings. The molecule has 1 aromatic heterocycles. The number of aromatic nitrogens is 4. The van der Waals surface area contributed by atoms with Crippen LogP contribution in [0.4, 0.5) is 5.95 Å². The number of nitrogens with one attached hydrogen (secondary N) is 1. The molecule has 2 rings (SSSR count). The van der Waals surface area contributed by atoms with Crippen molar-refractivity contribution in [3.8, 4) is 0 Å². The minimum absolute atomic E-state index is 0.00945. The number of ether oxygens (including phenoxy) is 1. The molecule has 1 atom stereocenters. The zero-order valence-electron chi connectivity index (χ0n) is 14.4. The van der Waals surface area contributed by atoms with Crippen LogP contribution in [-0.2, 0) is 32.1 Å². The Labute approximate surface area is 154 Å². The lowest BCUT2D eigenvalue weighted by Crippen LogP contribution is -2.27. The van der Waals surface area contributed by atoms with E-state index < -0.39 is 11.9 Å². The van der Waals surface area contributed by atoms with Gasteiger partial charge in [0.05, 0.1) is 13.0 Å². The number of hydrogen-bond donors (Lipinski definition) is 1. The number of carbonyl (C=O) groups excluding carboxylic acids is 3. The summed E-state index contributed by atoms with van der Waals surface area (Å²) in [5, 5.41) is 13.8. The smallest absolute Gasteiger partial charge is 0.329 e. The van der Waals surface area contributed by atoms with Gasteiger partial charge in [-0.25, -0.2) is 4.79 Å². The van der Waals surface area contributed by atoms with Crippen LogP contribution in [0.25, 0.3) is 0 Å². The van der Waals surface area contributed by atoms with Gasteiger partial charge in [0.2, 0.25) is 5.91 Å². The van der Waals surface area contributed by atoms with E-state index in [0.29, 0.717) is 12.2 Å². The van der Waals surface area contributed by atoms with Crippen molar-refractivity contribution >= 4 is 34.7 Å². The Kier molecular flexibility index (Phi) is 7.27. The van der Waals surface area contributed by atoms with Crippen LogP contribution in [0.15, 0.2) is 30.3 Å². The van der Waals surface area contributed by atoms with Gasteiger partial charge in [0.25, 0.3) is 5.95 Å². The average molecular weight is 377 g/mol. The van der Waals surface area contributed by atoms with Crippen molar-refractivity contribution in [3.05, 3.63) is 35.9 Å². The molecule has 0 saturated heterocycles. The molecular weight excluding hydrogens is 358 g/mol. The third kappa shape index (κ3) is 6.28. The topological polar surface area (TPSA) is 116 Å². The fourth-order valence-corrected chi connectivity index (χ4v) is 2.80. The molecular formula is C16H19N5O4S. The summed E-state index contributed by atoms with van der Waals surface area (Å²) in [6, 6.07) is 9.52. The maximum Gasteiger partial charge on any atom is 0.329 e. The Morgan fingerprint density at radius 1 is 1.27 bits per heavy atom. The second kappa shape index (κ2) is 9.66. The number of benzene rings is 1. The highest BCUT2D eigenvalue weighted by atomic mass is 32.2. The molecule has 1 aromatic carbocycles. The summed E-state index contributed by atoms with van der Waals surface area (Å²) in [7, 11) is 1.25. The molecule has 2 aromatic rings. The minimum Gasteiger partial charge on any atom is -0.468 e. The van der Waals surface area contributed by atoms with Crippen molar-refractivity contribution in [1.29, 1.82) is 0 Å². The van der Waals surface area contributed by atoms with Gasteiger partial charge in [-0.2, -0.15) is 4.80 Å². The van der Waals surface area contributed by atoms with Crippen LogP contribution in [0.5, 0.6) is 0 Å². The molecule has 0 aliphatic carbocycles. The number of anilines is 1. The molecule has 1 heterocycles. The Bertz CT molecular complexity index is 765. The monoisotopic (exact) mass is 377 g/mol. The Balaban J connectivity index is 2.03. The van der Waals surface area contributed by atoms with Crippen LogP contribution in [-0.4, -0.2) is 50.1 Å². The van der Waals surface area contributed by atoms with Gasteiger partial charge in [-0.1, -0.05) is 47.2 Å². The van der Waals surface area contributed by atoms with E-state index in [1.807, 2.05) is 30.3 Å². The summed E-state index contributed by atoms with van der Waals surface area (Å²) in [6.45, 7) is 1.26. The van der Waals surface area contributed by atoms with Crippen LogP contribution in [0.3, 0.4) is 0 Å². The molecule has 138 valence electrons. The zero-order valence-corrected chi connectivity index (χ0v) is 15.2. The van der Waals surface area contributed by atoms with Gasteiger partial charge in [0.15, 0.2) is 11.7 Å². The number of esters is 1. The SMILES string of the molecule is COC(=O)Cn1nnc(NC(=O)C(CSC(C)=O)Cc2ccccc2)n1. The van der Waals surface area contributed by atoms with Crippen LogP contribution in [0.2, 0.25) is 0 Å². The number of amides is 1. The van der Waals surface area contributed by atoms with Crippen molar-refractivity contribution in [2.24, 2.45) is 5.92 Å². The van der Waals surface area contributed by atoms with E-state index in [2.05, 4.69) is 25.5 Å². The van der Waals surface area contributed by atoms with Gasteiger partial charge >= 0.3 is 5.97 Å². The first kappa shape index (κ1) is 19.6. The van der Waals surface area contributed by atoms with Gasteiger partial charge in [-0.3, -0.25) is 14.9 Å². The van der Waals surface area contributed by atoms with Crippen molar-refractivity contribution in [2.45, 2.75) is 19.9 Å². The fraction of sp³-hybridized carbons (Fsp3) is 0.375. The molecule has 1 N–H and O–H groups in total. The number of carbonyl (C=O) groups is 3. The summed E-state index contributed by atoms with van der Waals surface area (Å²) in [6.07, 6.45) is 0.475. The van der Waals surface area contributed by atoms with E-state index in [4.69, 9.17) is 0 Å². The standard InChI is InChI=1S/C16H19N5O4S/c1-11(22)26-10-13(8-12-6-4-3-5-7-12)15(24)17-16-18-20-21(19-16)9-14(23)25-2/h3-7,13H,8-10H2,1-2H3,(H,17,19,24). The first-order valence-corrected chi connectivity index (χ1v) is 8.79. The summed E-state index contributed by atoms with van der Waals surface area (Å²) < 4.78 is 4.51. The summed E-state index contributed by atoms with van der Waals surface area (Å²) >= 11 is 1.09. The maximum absolute atomic E-state index is 12.6. The molecule has 0 bridgehead atoms. The molecule has 0 saturated carbocycles. The quantitative estimate of drug-likeness (QED) is 0.675. The van der Waals surface area contributed by atoms with Gasteiger partial charge in [-0.05, 0) is 17.2 Å². The lowest BCUT2D eigenvalue weighted by atomic mass is 10.0. The third-order valence-corrected chi connectivity index (χ3v) is 4.35. The second-order valence-electron chi connectivity index (χ2n) is 5.40. The van der Waals surface area contributed by atoms with Gasteiger partial charge in [0, 0.05) is 12.7 Å². The van der Waals surface area contributed by atoms with Crippen LogP contribution in [0.1, 0.15) is 12.5 Å². The highest BCUT2D eigenvalue weighted by Gasteiger charge is 2.22. The largest absolute Gasteiger partial charge is 0.468 e. The number of thioether (sulfide) groups is 1. The zero-order chi connectivity index (χ0) is 18.9. The number of tetrazole rings is 1. The van der Waals surface area contributed by atoms with E-state index in [1.165, 1.54) is 14.0 Å². The number of rotatable bonds is 8. The van der Waals surface area contributed by atoms with E-state index in [9.17, 15) is 14.4 Å². The molecule has 1 unspecified atom stereocenters. The van der Waals surface area contributed by atoms with E-state index in [1.54, 1.807) is 0 Å². The van der Waals surface area contributed by atoms with E-state index in [0.717, 1.165) is 22.1 Å². The Hall–Kier alpha value is -2.75. The van der Waals surface area contributed by atoms with Crippen molar-refractivity contribution in [3.63, 3.8) is 0 Å². The number of methoxy groups -OCH3 is 1. The first-order chi connectivity index (χ1) is 12.5. The van der Waals surface area contributed by atoms with Crippen LogP contribution < -0.4 is 5.32 Å². The van der Waals surface area contributed by atoms with E-state index >= 15 is 0 Å². The number of hydrogen-bond acceptors (Lipinski definition) is 8. The van der Waals surface area contributed by atoms with Crippen molar-refractivity contribution < 1.29 is 19.1 Å². The highest BCUT2D eigenvalue weighted by Crippen LogP contribution is 2.17. The molecule has 0 radical (unpaired) electrons. The van der Waals surface area contributed by atoms with Gasteiger partial charge < -0.3 is 4.74 Å². The maximum atomic E-state index is 12.6. The molecule has 9 nitrogen and oxygen atoms in total. The Morgan fingerprint density at radius 2 is 2.00 bits per heavy atom.